The second-order valence-corrected chi connectivity index (χ2v) is 8.98. The molecule has 0 aliphatic heterocycles. The number of benzene rings is 3. The quantitative estimate of drug-likeness (QED) is 0.300. The molecule has 0 aliphatic rings. The summed E-state index contributed by atoms with van der Waals surface area (Å²) >= 11 is 1.86. The Labute approximate surface area is 180 Å². The van der Waals surface area contributed by atoms with Crippen LogP contribution in [0.25, 0.3) is 42.3 Å². The van der Waals surface area contributed by atoms with Gasteiger partial charge in [0.25, 0.3) is 0 Å². The molecule has 3 N–H and O–H groups in total. The maximum Gasteiger partial charge on any atom is 0.119 e. The minimum Gasteiger partial charge on any atom is -0.497 e. The third kappa shape index (κ3) is 3.17. The molecule has 2 aromatic heterocycles. The van der Waals surface area contributed by atoms with Gasteiger partial charge in [-0.1, -0.05) is 24.3 Å². The van der Waals surface area contributed by atoms with Gasteiger partial charge in [0, 0.05) is 36.8 Å². The first kappa shape index (κ1) is 19.2. The van der Waals surface area contributed by atoms with Crippen LogP contribution in [-0.4, -0.2) is 18.6 Å². The summed E-state index contributed by atoms with van der Waals surface area (Å²) in [5.41, 5.74) is 12.0. The lowest BCUT2D eigenvalue weighted by molar-refractivity contribution is 0.415. The van der Waals surface area contributed by atoms with Crippen molar-refractivity contribution in [3.8, 4) is 17.0 Å². The highest BCUT2D eigenvalue weighted by Crippen LogP contribution is 2.39. The lowest BCUT2D eigenvalue weighted by Crippen LogP contribution is -1.99. The molecular weight excluding hydrogens is 388 g/mol. The van der Waals surface area contributed by atoms with Gasteiger partial charge in [0.05, 0.1) is 7.11 Å². The Balaban J connectivity index is 1.73. The average Bonchev–Trinajstić information content (AvgIpc) is 3.32. The maximum atomic E-state index is 5.78. The molecule has 0 radical (unpaired) electrons. The van der Waals surface area contributed by atoms with Crippen LogP contribution in [-0.2, 0) is 6.42 Å². The zero-order valence-corrected chi connectivity index (χ0v) is 18.2. The molecule has 4 heteroatoms. The molecule has 3 aromatic carbocycles. The van der Waals surface area contributed by atoms with Gasteiger partial charge >= 0.3 is 0 Å². The summed E-state index contributed by atoms with van der Waals surface area (Å²) < 4.78 is 8.23. The van der Waals surface area contributed by atoms with Gasteiger partial charge < -0.3 is 15.5 Å². The van der Waals surface area contributed by atoms with E-state index in [0.717, 1.165) is 31.6 Å². The van der Waals surface area contributed by atoms with Gasteiger partial charge in [-0.05, 0) is 79.8 Å². The SMILES string of the molecule is COc1cc(C)c2[nH]c(-c3ccc4sc5ccccc5c4c3)c(CCCCN)c2c1. The molecule has 0 fully saturated rings. The van der Waals surface area contributed by atoms with Crippen LogP contribution in [0.15, 0.2) is 54.6 Å². The summed E-state index contributed by atoms with van der Waals surface area (Å²) in [6.07, 6.45) is 3.11. The Morgan fingerprint density at radius 3 is 2.60 bits per heavy atom. The van der Waals surface area contributed by atoms with E-state index < -0.39 is 0 Å². The predicted molar refractivity (Wildman–Crippen MR) is 130 cm³/mol. The number of hydrogen-bond donors (Lipinski definition) is 2. The number of thiophene rings is 1. The molecule has 0 atom stereocenters. The highest BCUT2D eigenvalue weighted by atomic mass is 32.1. The fraction of sp³-hybridized carbons (Fsp3) is 0.231. The number of ether oxygens (including phenoxy) is 1. The van der Waals surface area contributed by atoms with Crippen molar-refractivity contribution in [1.29, 1.82) is 0 Å². The molecule has 0 saturated heterocycles. The Morgan fingerprint density at radius 2 is 1.77 bits per heavy atom. The molecule has 0 aliphatic carbocycles. The number of aromatic nitrogens is 1. The number of nitrogens with two attached hydrogens (primary N) is 1. The minimum absolute atomic E-state index is 0.729. The molecule has 152 valence electrons. The molecule has 0 spiro atoms. The number of aryl methyl sites for hydroxylation is 2. The van der Waals surface area contributed by atoms with Crippen molar-refractivity contribution in [3.63, 3.8) is 0 Å². The van der Waals surface area contributed by atoms with Crippen LogP contribution in [0.5, 0.6) is 5.75 Å². The number of methoxy groups -OCH3 is 1. The Morgan fingerprint density at radius 1 is 0.933 bits per heavy atom. The van der Waals surface area contributed by atoms with Crippen molar-refractivity contribution in [1.82, 2.24) is 4.98 Å². The van der Waals surface area contributed by atoms with E-state index in [1.807, 2.05) is 11.3 Å². The van der Waals surface area contributed by atoms with E-state index in [1.54, 1.807) is 7.11 Å². The van der Waals surface area contributed by atoms with Gasteiger partial charge in [0.2, 0.25) is 0 Å². The first-order chi connectivity index (χ1) is 14.7. The van der Waals surface area contributed by atoms with Crippen molar-refractivity contribution < 1.29 is 4.74 Å². The van der Waals surface area contributed by atoms with Crippen molar-refractivity contribution in [2.24, 2.45) is 5.73 Å². The lowest BCUT2D eigenvalue weighted by Gasteiger charge is -2.07. The smallest absolute Gasteiger partial charge is 0.119 e. The number of unbranched alkanes of at least 4 members (excludes halogenated alkanes) is 1. The normalized spacial score (nSPS) is 11.7. The molecule has 5 aromatic rings. The first-order valence-electron chi connectivity index (χ1n) is 10.5. The molecular formula is C26H26N2OS. The van der Waals surface area contributed by atoms with E-state index in [2.05, 4.69) is 66.5 Å². The topological polar surface area (TPSA) is 51.0 Å². The Hall–Kier alpha value is -2.82. The van der Waals surface area contributed by atoms with Crippen LogP contribution in [0.1, 0.15) is 24.0 Å². The van der Waals surface area contributed by atoms with Gasteiger partial charge in [-0.15, -0.1) is 11.3 Å². The summed E-state index contributed by atoms with van der Waals surface area (Å²) in [6, 6.07) is 19.8. The molecule has 3 nitrogen and oxygen atoms in total. The van der Waals surface area contributed by atoms with E-state index in [0.29, 0.717) is 0 Å². The highest BCUT2D eigenvalue weighted by molar-refractivity contribution is 7.25. The van der Waals surface area contributed by atoms with Crippen LogP contribution in [0.3, 0.4) is 0 Å². The van der Waals surface area contributed by atoms with Gasteiger partial charge in [0.1, 0.15) is 5.75 Å². The highest BCUT2D eigenvalue weighted by Gasteiger charge is 2.17. The maximum absolute atomic E-state index is 5.78. The second-order valence-electron chi connectivity index (χ2n) is 7.90. The van der Waals surface area contributed by atoms with Gasteiger partial charge in [-0.25, -0.2) is 0 Å². The van der Waals surface area contributed by atoms with E-state index in [1.165, 1.54) is 53.5 Å². The average molecular weight is 415 g/mol. The summed E-state index contributed by atoms with van der Waals surface area (Å²) in [6.45, 7) is 2.87. The number of fused-ring (bicyclic) bond motifs is 4. The number of hydrogen-bond acceptors (Lipinski definition) is 3. The molecule has 30 heavy (non-hydrogen) atoms. The van der Waals surface area contributed by atoms with Gasteiger partial charge in [-0.3, -0.25) is 0 Å². The number of rotatable bonds is 6. The van der Waals surface area contributed by atoms with Crippen molar-refractivity contribution in [2.75, 3.05) is 13.7 Å². The molecule has 2 heterocycles. The number of H-pyrrole nitrogens is 1. The lowest BCUT2D eigenvalue weighted by atomic mass is 9.98. The van der Waals surface area contributed by atoms with E-state index in [4.69, 9.17) is 10.5 Å². The second kappa shape index (κ2) is 7.78. The molecule has 0 amide bonds. The van der Waals surface area contributed by atoms with Crippen molar-refractivity contribution >= 4 is 42.4 Å². The largest absolute Gasteiger partial charge is 0.497 e. The first-order valence-corrected chi connectivity index (χ1v) is 11.3. The Bertz CT molecular complexity index is 1360. The fourth-order valence-electron chi connectivity index (χ4n) is 4.44. The summed E-state index contributed by atoms with van der Waals surface area (Å²) in [5.74, 6) is 0.907. The standard InChI is InChI=1S/C26H26N2OS/c1-16-13-18(29-2)15-22-20(8-5-6-12-27)26(28-25(16)22)17-10-11-24-21(14-17)19-7-3-4-9-23(19)30-24/h3-4,7,9-11,13-15,28H,5-6,8,12,27H2,1-2H3. The summed E-state index contributed by atoms with van der Waals surface area (Å²) in [5, 5.41) is 3.92. The van der Waals surface area contributed by atoms with Crippen LogP contribution < -0.4 is 10.5 Å². The number of nitrogens with one attached hydrogen (secondary N) is 1. The number of aromatic amines is 1. The van der Waals surface area contributed by atoms with Crippen LogP contribution >= 0.6 is 11.3 Å². The van der Waals surface area contributed by atoms with Gasteiger partial charge in [0.15, 0.2) is 0 Å². The van der Waals surface area contributed by atoms with E-state index >= 15 is 0 Å². The zero-order valence-electron chi connectivity index (χ0n) is 17.4. The van der Waals surface area contributed by atoms with Crippen molar-refractivity contribution in [2.45, 2.75) is 26.2 Å². The molecule has 0 saturated carbocycles. The van der Waals surface area contributed by atoms with Crippen LogP contribution in [0.2, 0.25) is 0 Å². The monoisotopic (exact) mass is 414 g/mol. The Kier molecular flexibility index (Phi) is 4.97. The summed E-state index contributed by atoms with van der Waals surface area (Å²) in [7, 11) is 1.73. The third-order valence-corrected chi connectivity index (χ3v) is 7.12. The van der Waals surface area contributed by atoms with E-state index in [-0.39, 0.29) is 0 Å². The van der Waals surface area contributed by atoms with Crippen LogP contribution in [0.4, 0.5) is 0 Å². The molecule has 0 unspecified atom stereocenters. The fourth-order valence-corrected chi connectivity index (χ4v) is 5.53. The third-order valence-electron chi connectivity index (χ3n) is 5.97. The summed E-state index contributed by atoms with van der Waals surface area (Å²) in [4.78, 5) is 3.75. The van der Waals surface area contributed by atoms with Crippen LogP contribution in [0, 0.1) is 6.92 Å². The molecule has 5 rings (SSSR count). The van der Waals surface area contributed by atoms with Gasteiger partial charge in [-0.2, -0.15) is 0 Å². The van der Waals surface area contributed by atoms with Crippen molar-refractivity contribution in [3.05, 3.63) is 65.7 Å². The minimum atomic E-state index is 0.729. The van der Waals surface area contributed by atoms with E-state index in [9.17, 15) is 0 Å². The zero-order chi connectivity index (χ0) is 20.7. The predicted octanol–water partition coefficient (Wildman–Crippen LogP) is 6.80. The molecule has 0 bridgehead atoms.